The van der Waals surface area contributed by atoms with Crippen LogP contribution in [0, 0.1) is 11.7 Å². The standard InChI is InChI=1S/C20H19FN2O2S/c1-13(2)12-25-17-5-3-4-14(10-17)11-18-19(24)23(20(26)22-18)16-8-6-15(21)7-9-16/h3-11,13H,12H2,1-2H3,(H,22,26)/b18-11+. The molecule has 1 heterocycles. The minimum Gasteiger partial charge on any atom is -0.493 e. The Kier molecular flexibility index (Phi) is 5.32. The molecule has 0 bridgehead atoms. The number of thiocarbonyl (C=S) groups is 1. The van der Waals surface area contributed by atoms with Crippen molar-refractivity contribution in [3.63, 3.8) is 0 Å². The van der Waals surface area contributed by atoms with Gasteiger partial charge in [0.05, 0.1) is 12.3 Å². The van der Waals surface area contributed by atoms with Crippen LogP contribution in [0.5, 0.6) is 5.75 Å². The van der Waals surface area contributed by atoms with Crippen molar-refractivity contribution in [2.45, 2.75) is 13.8 Å². The molecule has 134 valence electrons. The first-order chi connectivity index (χ1) is 12.4. The third-order valence-electron chi connectivity index (χ3n) is 3.72. The van der Waals surface area contributed by atoms with Crippen LogP contribution >= 0.6 is 12.2 Å². The second-order valence-corrected chi connectivity index (χ2v) is 6.77. The molecule has 1 fully saturated rings. The molecular formula is C20H19FN2O2S. The number of carbonyl (C=O) groups is 1. The summed E-state index contributed by atoms with van der Waals surface area (Å²) in [5.41, 5.74) is 1.71. The van der Waals surface area contributed by atoms with Crippen LogP contribution in [0.25, 0.3) is 6.08 Å². The molecule has 0 aromatic heterocycles. The number of benzene rings is 2. The molecule has 1 aliphatic rings. The SMILES string of the molecule is CC(C)COc1cccc(/C=C2/NC(=S)N(c3ccc(F)cc3)C2=O)c1. The van der Waals surface area contributed by atoms with Crippen molar-refractivity contribution < 1.29 is 13.9 Å². The Balaban J connectivity index is 1.81. The van der Waals surface area contributed by atoms with Crippen molar-refractivity contribution in [3.8, 4) is 5.75 Å². The lowest BCUT2D eigenvalue weighted by Gasteiger charge is -2.13. The van der Waals surface area contributed by atoms with Crippen LogP contribution in [0.3, 0.4) is 0 Å². The monoisotopic (exact) mass is 370 g/mol. The lowest BCUT2D eigenvalue weighted by molar-refractivity contribution is -0.113. The molecule has 4 nitrogen and oxygen atoms in total. The highest BCUT2D eigenvalue weighted by Crippen LogP contribution is 2.23. The number of carbonyl (C=O) groups excluding carboxylic acids is 1. The highest BCUT2D eigenvalue weighted by atomic mass is 32.1. The van der Waals surface area contributed by atoms with Gasteiger partial charge >= 0.3 is 0 Å². The van der Waals surface area contributed by atoms with Crippen LogP contribution < -0.4 is 15.0 Å². The molecule has 0 spiro atoms. The zero-order valence-electron chi connectivity index (χ0n) is 14.5. The summed E-state index contributed by atoms with van der Waals surface area (Å²) in [6.45, 7) is 4.79. The predicted molar refractivity (Wildman–Crippen MR) is 104 cm³/mol. The molecule has 26 heavy (non-hydrogen) atoms. The van der Waals surface area contributed by atoms with Gasteiger partial charge in [0.1, 0.15) is 17.3 Å². The topological polar surface area (TPSA) is 41.6 Å². The maximum atomic E-state index is 13.1. The molecular weight excluding hydrogens is 351 g/mol. The number of amides is 1. The normalized spacial score (nSPS) is 15.7. The van der Waals surface area contributed by atoms with E-state index in [0.29, 0.717) is 23.9 Å². The number of nitrogens with one attached hydrogen (secondary N) is 1. The molecule has 0 saturated carbocycles. The predicted octanol–water partition coefficient (Wildman–Crippen LogP) is 4.12. The summed E-state index contributed by atoms with van der Waals surface area (Å²) in [4.78, 5) is 14.0. The molecule has 1 N–H and O–H groups in total. The summed E-state index contributed by atoms with van der Waals surface area (Å²) in [6.07, 6.45) is 1.72. The van der Waals surface area contributed by atoms with Crippen LogP contribution in [-0.2, 0) is 4.79 Å². The van der Waals surface area contributed by atoms with Gasteiger partial charge in [-0.2, -0.15) is 0 Å². The number of halogens is 1. The van der Waals surface area contributed by atoms with Crippen molar-refractivity contribution in [2.75, 3.05) is 11.5 Å². The minimum absolute atomic E-state index is 0.264. The third-order valence-corrected chi connectivity index (χ3v) is 4.00. The maximum absolute atomic E-state index is 13.1. The van der Waals surface area contributed by atoms with Gasteiger partial charge in [-0.05, 0) is 66.2 Å². The first-order valence-corrected chi connectivity index (χ1v) is 8.70. The van der Waals surface area contributed by atoms with Gasteiger partial charge in [0.2, 0.25) is 0 Å². The molecule has 0 aliphatic carbocycles. The number of hydrogen-bond acceptors (Lipinski definition) is 3. The second-order valence-electron chi connectivity index (χ2n) is 6.38. The lowest BCUT2D eigenvalue weighted by Crippen LogP contribution is -2.30. The smallest absolute Gasteiger partial charge is 0.281 e. The van der Waals surface area contributed by atoms with Gasteiger partial charge in [0.25, 0.3) is 5.91 Å². The van der Waals surface area contributed by atoms with E-state index in [1.807, 2.05) is 24.3 Å². The highest BCUT2D eigenvalue weighted by molar-refractivity contribution is 7.80. The average molecular weight is 370 g/mol. The molecule has 0 atom stereocenters. The Morgan fingerprint density at radius 2 is 1.96 bits per heavy atom. The van der Waals surface area contributed by atoms with E-state index in [-0.39, 0.29) is 16.8 Å². The maximum Gasteiger partial charge on any atom is 0.281 e. The van der Waals surface area contributed by atoms with Gasteiger partial charge in [-0.25, -0.2) is 4.39 Å². The molecule has 6 heteroatoms. The van der Waals surface area contributed by atoms with Gasteiger partial charge < -0.3 is 10.1 Å². The summed E-state index contributed by atoms with van der Waals surface area (Å²) in [5, 5.41) is 3.18. The zero-order valence-corrected chi connectivity index (χ0v) is 15.3. The third kappa shape index (κ3) is 4.08. The summed E-state index contributed by atoms with van der Waals surface area (Å²) >= 11 is 5.26. The fourth-order valence-electron chi connectivity index (χ4n) is 2.48. The van der Waals surface area contributed by atoms with E-state index in [1.165, 1.54) is 29.2 Å². The molecule has 0 unspecified atom stereocenters. The minimum atomic E-state index is -0.367. The van der Waals surface area contributed by atoms with Gasteiger partial charge in [-0.3, -0.25) is 9.69 Å². The molecule has 3 rings (SSSR count). The Hall–Kier alpha value is -2.73. The van der Waals surface area contributed by atoms with Crippen molar-refractivity contribution in [2.24, 2.45) is 5.92 Å². The Bertz CT molecular complexity index is 862. The summed E-state index contributed by atoms with van der Waals surface area (Å²) in [6, 6.07) is 13.1. The van der Waals surface area contributed by atoms with Crippen LogP contribution in [0.4, 0.5) is 10.1 Å². The Labute approximate surface area is 157 Å². The fourth-order valence-corrected chi connectivity index (χ4v) is 2.78. The largest absolute Gasteiger partial charge is 0.493 e. The lowest BCUT2D eigenvalue weighted by atomic mass is 10.1. The number of nitrogens with zero attached hydrogens (tertiary/aromatic N) is 1. The molecule has 1 aliphatic heterocycles. The quantitative estimate of drug-likeness (QED) is 0.635. The van der Waals surface area contributed by atoms with Crippen LogP contribution in [0.15, 0.2) is 54.2 Å². The van der Waals surface area contributed by atoms with Crippen molar-refractivity contribution in [1.82, 2.24) is 5.32 Å². The summed E-state index contributed by atoms with van der Waals surface area (Å²) in [5.74, 6) is 0.525. The first kappa shape index (κ1) is 18.1. The van der Waals surface area contributed by atoms with E-state index in [0.717, 1.165) is 11.3 Å². The summed E-state index contributed by atoms with van der Waals surface area (Å²) < 4.78 is 18.8. The highest BCUT2D eigenvalue weighted by Gasteiger charge is 2.31. The van der Waals surface area contributed by atoms with Crippen LogP contribution in [0.1, 0.15) is 19.4 Å². The Morgan fingerprint density at radius 1 is 1.23 bits per heavy atom. The molecule has 1 saturated heterocycles. The summed E-state index contributed by atoms with van der Waals surface area (Å²) in [7, 11) is 0. The van der Waals surface area contributed by atoms with E-state index in [2.05, 4.69) is 19.2 Å². The van der Waals surface area contributed by atoms with E-state index in [9.17, 15) is 9.18 Å². The van der Waals surface area contributed by atoms with Crippen molar-refractivity contribution in [1.29, 1.82) is 0 Å². The van der Waals surface area contributed by atoms with E-state index in [4.69, 9.17) is 17.0 Å². The van der Waals surface area contributed by atoms with Gasteiger partial charge in [-0.15, -0.1) is 0 Å². The molecule has 2 aromatic rings. The first-order valence-electron chi connectivity index (χ1n) is 8.29. The van der Waals surface area contributed by atoms with E-state index < -0.39 is 0 Å². The zero-order chi connectivity index (χ0) is 18.7. The number of rotatable bonds is 5. The van der Waals surface area contributed by atoms with Gasteiger partial charge in [0.15, 0.2) is 5.11 Å². The van der Waals surface area contributed by atoms with Gasteiger partial charge in [-0.1, -0.05) is 26.0 Å². The van der Waals surface area contributed by atoms with Crippen LogP contribution in [-0.4, -0.2) is 17.6 Å². The number of anilines is 1. The van der Waals surface area contributed by atoms with Crippen molar-refractivity contribution in [3.05, 3.63) is 65.6 Å². The Morgan fingerprint density at radius 3 is 2.65 bits per heavy atom. The molecule has 2 aromatic carbocycles. The number of ether oxygens (including phenoxy) is 1. The number of hydrogen-bond donors (Lipinski definition) is 1. The molecule has 0 radical (unpaired) electrons. The second kappa shape index (κ2) is 7.66. The van der Waals surface area contributed by atoms with E-state index in [1.54, 1.807) is 6.08 Å². The molecule has 1 amide bonds. The van der Waals surface area contributed by atoms with Crippen LogP contribution in [0.2, 0.25) is 0 Å². The van der Waals surface area contributed by atoms with E-state index >= 15 is 0 Å². The van der Waals surface area contributed by atoms with Crippen molar-refractivity contribution >= 4 is 35.0 Å². The fraction of sp³-hybridized carbons (Fsp3) is 0.200. The average Bonchev–Trinajstić information content (AvgIpc) is 2.88. The van der Waals surface area contributed by atoms with Gasteiger partial charge in [0, 0.05) is 0 Å².